The molecule has 2 aromatic heterocycles. The maximum Gasteiger partial charge on any atom is 0.255 e. The number of hydrogen-bond donors (Lipinski definition) is 1. The van der Waals surface area contributed by atoms with Crippen LogP contribution in [0.5, 0.6) is 0 Å². The van der Waals surface area contributed by atoms with Crippen molar-refractivity contribution in [3.05, 3.63) is 76.9 Å². The van der Waals surface area contributed by atoms with Gasteiger partial charge in [0.05, 0.1) is 5.69 Å². The van der Waals surface area contributed by atoms with Crippen molar-refractivity contribution in [2.75, 3.05) is 5.32 Å². The molecule has 1 amide bonds. The van der Waals surface area contributed by atoms with Gasteiger partial charge >= 0.3 is 0 Å². The highest BCUT2D eigenvalue weighted by molar-refractivity contribution is 9.10. The summed E-state index contributed by atoms with van der Waals surface area (Å²) in [7, 11) is 0. The van der Waals surface area contributed by atoms with E-state index in [0.717, 1.165) is 21.4 Å². The second kappa shape index (κ2) is 6.45. The van der Waals surface area contributed by atoms with Crippen molar-refractivity contribution in [3.8, 4) is 5.69 Å². The summed E-state index contributed by atoms with van der Waals surface area (Å²) in [6, 6.07) is 18.2. The van der Waals surface area contributed by atoms with Crippen molar-refractivity contribution in [3.63, 3.8) is 0 Å². The van der Waals surface area contributed by atoms with Crippen LogP contribution in [0.15, 0.2) is 71.3 Å². The molecule has 0 spiro atoms. The fraction of sp³-hybridized carbons (Fsp3) is 0. The lowest BCUT2D eigenvalue weighted by molar-refractivity contribution is 0.102. The molecular weight excluding hydrogens is 382 g/mol. The van der Waals surface area contributed by atoms with Crippen LogP contribution in [0.1, 0.15) is 10.4 Å². The molecule has 0 unspecified atom stereocenters. The molecule has 2 heterocycles. The lowest BCUT2D eigenvalue weighted by Crippen LogP contribution is -2.11. The number of amides is 1. The van der Waals surface area contributed by atoms with Crippen molar-refractivity contribution in [1.82, 2.24) is 20.0 Å². The van der Waals surface area contributed by atoms with Crippen LogP contribution in [0.25, 0.3) is 16.9 Å². The Bertz CT molecular complexity index is 1040. The molecule has 0 aliphatic carbocycles. The summed E-state index contributed by atoms with van der Waals surface area (Å²) in [5.41, 5.74) is 3.49. The van der Waals surface area contributed by atoms with E-state index in [0.29, 0.717) is 11.2 Å². The van der Waals surface area contributed by atoms with E-state index < -0.39 is 0 Å². The minimum atomic E-state index is -0.171. The van der Waals surface area contributed by atoms with Gasteiger partial charge in [-0.15, -0.1) is 5.10 Å². The van der Waals surface area contributed by atoms with E-state index in [1.165, 1.54) is 0 Å². The third kappa shape index (κ3) is 3.14. The number of carbonyl (C=O) groups excluding carboxylic acids is 1. The molecule has 6 nitrogen and oxygen atoms in total. The van der Waals surface area contributed by atoms with E-state index in [4.69, 9.17) is 0 Å². The van der Waals surface area contributed by atoms with E-state index in [9.17, 15) is 4.79 Å². The Balaban J connectivity index is 1.57. The minimum Gasteiger partial charge on any atom is -0.322 e. The lowest BCUT2D eigenvalue weighted by atomic mass is 10.2. The number of hydrogen-bond acceptors (Lipinski definition) is 4. The fourth-order valence-corrected chi connectivity index (χ4v) is 2.69. The van der Waals surface area contributed by atoms with Gasteiger partial charge in [0.2, 0.25) is 0 Å². The van der Waals surface area contributed by atoms with Crippen LogP contribution >= 0.6 is 15.9 Å². The Hall–Kier alpha value is -3.06. The van der Waals surface area contributed by atoms with E-state index in [-0.39, 0.29) is 5.91 Å². The van der Waals surface area contributed by atoms with Crippen LogP contribution in [-0.4, -0.2) is 25.9 Å². The van der Waals surface area contributed by atoms with Crippen molar-refractivity contribution in [1.29, 1.82) is 0 Å². The van der Waals surface area contributed by atoms with Gasteiger partial charge in [-0.25, -0.2) is 4.98 Å². The van der Waals surface area contributed by atoms with E-state index in [1.54, 1.807) is 23.0 Å². The maximum absolute atomic E-state index is 12.3. The first kappa shape index (κ1) is 15.5. The van der Waals surface area contributed by atoms with Gasteiger partial charge in [0.15, 0.2) is 5.65 Å². The SMILES string of the molecule is O=C(Nc1ccc(Br)cc1)c1ccc(-n2nnc3cccnc32)cc1. The predicted molar refractivity (Wildman–Crippen MR) is 98.8 cm³/mol. The molecule has 0 saturated heterocycles. The first-order valence-corrected chi connectivity index (χ1v) is 8.34. The molecule has 122 valence electrons. The maximum atomic E-state index is 12.3. The van der Waals surface area contributed by atoms with Crippen LogP contribution in [-0.2, 0) is 0 Å². The molecule has 4 rings (SSSR count). The Labute approximate surface area is 151 Å². The third-order valence-corrected chi connectivity index (χ3v) is 4.21. The van der Waals surface area contributed by atoms with Crippen LogP contribution in [0, 0.1) is 0 Å². The molecular formula is C18H12BrN5O. The van der Waals surface area contributed by atoms with Gasteiger partial charge in [0.25, 0.3) is 5.91 Å². The molecule has 0 saturated carbocycles. The summed E-state index contributed by atoms with van der Waals surface area (Å²) >= 11 is 3.37. The van der Waals surface area contributed by atoms with E-state index >= 15 is 0 Å². The first-order chi connectivity index (χ1) is 12.2. The zero-order valence-corrected chi connectivity index (χ0v) is 14.5. The van der Waals surface area contributed by atoms with Gasteiger partial charge in [-0.2, -0.15) is 4.68 Å². The molecule has 0 aliphatic heterocycles. The molecule has 0 radical (unpaired) electrons. The Kier molecular flexibility index (Phi) is 3.99. The second-order valence-electron chi connectivity index (χ2n) is 5.36. The number of nitrogens with zero attached hydrogens (tertiary/aromatic N) is 4. The van der Waals surface area contributed by atoms with Crippen LogP contribution in [0.4, 0.5) is 5.69 Å². The van der Waals surface area contributed by atoms with Crippen LogP contribution in [0.2, 0.25) is 0 Å². The lowest BCUT2D eigenvalue weighted by Gasteiger charge is -2.06. The van der Waals surface area contributed by atoms with Gasteiger partial charge < -0.3 is 5.32 Å². The Morgan fingerprint density at radius 3 is 2.52 bits per heavy atom. The molecule has 7 heteroatoms. The molecule has 0 aliphatic rings. The van der Waals surface area contributed by atoms with Gasteiger partial charge in [-0.05, 0) is 60.7 Å². The summed E-state index contributed by atoms with van der Waals surface area (Å²) in [5.74, 6) is -0.171. The smallest absolute Gasteiger partial charge is 0.255 e. The average molecular weight is 394 g/mol. The number of halogens is 1. The molecule has 1 N–H and O–H groups in total. The molecule has 2 aromatic carbocycles. The highest BCUT2D eigenvalue weighted by Gasteiger charge is 2.09. The zero-order chi connectivity index (χ0) is 17.2. The summed E-state index contributed by atoms with van der Waals surface area (Å²) in [4.78, 5) is 16.6. The number of anilines is 1. The molecule has 4 aromatic rings. The fourth-order valence-electron chi connectivity index (χ4n) is 2.43. The van der Waals surface area contributed by atoms with Gasteiger partial charge in [-0.1, -0.05) is 21.1 Å². The third-order valence-electron chi connectivity index (χ3n) is 3.68. The molecule has 0 fully saturated rings. The van der Waals surface area contributed by atoms with Crippen molar-refractivity contribution in [2.45, 2.75) is 0 Å². The largest absolute Gasteiger partial charge is 0.322 e. The Morgan fingerprint density at radius 1 is 1.00 bits per heavy atom. The second-order valence-corrected chi connectivity index (χ2v) is 6.27. The Morgan fingerprint density at radius 2 is 1.76 bits per heavy atom. The standard InChI is InChI=1S/C18H12BrN5O/c19-13-5-7-14(8-6-13)21-18(25)12-3-9-15(10-4-12)24-17-16(22-23-24)2-1-11-20-17/h1-11H,(H,21,25). The summed E-state index contributed by atoms with van der Waals surface area (Å²) < 4.78 is 2.61. The van der Waals surface area contributed by atoms with Gasteiger partial charge in [0.1, 0.15) is 5.52 Å². The highest BCUT2D eigenvalue weighted by Crippen LogP contribution is 2.17. The number of fused-ring (bicyclic) bond motifs is 1. The van der Waals surface area contributed by atoms with Gasteiger partial charge in [0, 0.05) is 21.9 Å². The highest BCUT2D eigenvalue weighted by atomic mass is 79.9. The number of aromatic nitrogens is 4. The molecule has 0 atom stereocenters. The summed E-state index contributed by atoms with van der Waals surface area (Å²) in [6.07, 6.45) is 1.70. The quantitative estimate of drug-likeness (QED) is 0.573. The topological polar surface area (TPSA) is 72.7 Å². The normalized spacial score (nSPS) is 10.8. The van der Waals surface area contributed by atoms with Crippen LogP contribution in [0.3, 0.4) is 0 Å². The number of benzene rings is 2. The minimum absolute atomic E-state index is 0.171. The monoisotopic (exact) mass is 393 g/mol. The van der Waals surface area contributed by atoms with E-state index in [2.05, 4.69) is 36.5 Å². The van der Waals surface area contributed by atoms with Crippen molar-refractivity contribution >= 4 is 38.7 Å². The van der Waals surface area contributed by atoms with Gasteiger partial charge in [-0.3, -0.25) is 4.79 Å². The first-order valence-electron chi connectivity index (χ1n) is 7.54. The molecule has 25 heavy (non-hydrogen) atoms. The molecule has 0 bridgehead atoms. The van der Waals surface area contributed by atoms with Crippen molar-refractivity contribution in [2.24, 2.45) is 0 Å². The number of nitrogens with one attached hydrogen (secondary N) is 1. The number of carbonyl (C=O) groups is 1. The summed E-state index contributed by atoms with van der Waals surface area (Å²) in [5, 5.41) is 11.1. The van der Waals surface area contributed by atoms with Crippen LogP contribution < -0.4 is 5.32 Å². The number of rotatable bonds is 3. The summed E-state index contributed by atoms with van der Waals surface area (Å²) in [6.45, 7) is 0. The average Bonchev–Trinajstić information content (AvgIpc) is 3.08. The van der Waals surface area contributed by atoms with E-state index in [1.807, 2.05) is 48.5 Å². The zero-order valence-electron chi connectivity index (χ0n) is 12.9. The number of pyridine rings is 1. The van der Waals surface area contributed by atoms with Crippen molar-refractivity contribution < 1.29 is 4.79 Å². The predicted octanol–water partition coefficient (Wildman–Crippen LogP) is 3.83.